The highest BCUT2D eigenvalue weighted by molar-refractivity contribution is 5.96. The van der Waals surface area contributed by atoms with Crippen molar-refractivity contribution in [3.05, 3.63) is 97.6 Å². The van der Waals surface area contributed by atoms with Crippen LogP contribution in [0.3, 0.4) is 0 Å². The van der Waals surface area contributed by atoms with E-state index >= 15 is 0 Å². The predicted molar refractivity (Wildman–Crippen MR) is 107 cm³/mol. The molecule has 0 fully saturated rings. The van der Waals surface area contributed by atoms with Gasteiger partial charge in [-0.1, -0.05) is 36.4 Å². The Morgan fingerprint density at radius 1 is 0.538 bits per heavy atom. The molecule has 0 bridgehead atoms. The van der Waals surface area contributed by atoms with Crippen LogP contribution in [0.15, 0.2) is 97.6 Å². The first kappa shape index (κ1) is 14.7. The number of nitrogens with zero attached hydrogens (tertiary/aromatic N) is 4. The Morgan fingerprint density at radius 3 is 1.50 bits per heavy atom. The van der Waals surface area contributed by atoms with Gasteiger partial charge in [0.05, 0.1) is 22.4 Å². The van der Waals surface area contributed by atoms with Crippen LogP contribution in [-0.4, -0.2) is 9.97 Å². The van der Waals surface area contributed by atoms with Gasteiger partial charge >= 0.3 is 0 Å². The maximum Gasteiger partial charge on any atom is 0.0738 e. The number of allylic oxidation sites excluding steroid dienone is 2. The van der Waals surface area contributed by atoms with Crippen molar-refractivity contribution in [1.82, 2.24) is 9.97 Å². The monoisotopic (exact) mass is 336 g/mol. The Hall–Kier alpha value is -3.66. The van der Waals surface area contributed by atoms with E-state index in [2.05, 4.69) is 44.5 Å². The molecule has 0 spiro atoms. The first-order valence-corrected chi connectivity index (χ1v) is 8.53. The Morgan fingerprint density at radius 2 is 1.00 bits per heavy atom. The normalized spacial score (nSPS) is 13.7. The number of hydrazine groups is 1. The molecule has 1 aliphatic rings. The maximum atomic E-state index is 4.49. The number of benzene rings is 2. The minimum atomic E-state index is 0.979. The average Bonchev–Trinajstić information content (AvgIpc) is 2.73. The molecular formula is C22H16N4. The van der Waals surface area contributed by atoms with Crippen LogP contribution >= 0.6 is 0 Å². The summed E-state index contributed by atoms with van der Waals surface area (Å²) in [5, 5.41) is 6.51. The molecule has 0 saturated carbocycles. The second-order valence-corrected chi connectivity index (χ2v) is 6.07. The summed E-state index contributed by atoms with van der Waals surface area (Å²) in [6, 6.07) is 20.5. The number of hydrogen-bond donors (Lipinski definition) is 0. The van der Waals surface area contributed by atoms with Gasteiger partial charge in [-0.3, -0.25) is 20.0 Å². The smallest absolute Gasteiger partial charge is 0.0738 e. The second-order valence-electron chi connectivity index (χ2n) is 6.07. The van der Waals surface area contributed by atoms with Gasteiger partial charge in [0.15, 0.2) is 0 Å². The topological polar surface area (TPSA) is 32.3 Å². The van der Waals surface area contributed by atoms with Crippen LogP contribution in [0.1, 0.15) is 0 Å². The van der Waals surface area contributed by atoms with Crippen LogP contribution in [0.2, 0.25) is 0 Å². The van der Waals surface area contributed by atoms with E-state index in [1.54, 1.807) is 0 Å². The molecule has 2 aromatic carbocycles. The first-order valence-electron chi connectivity index (χ1n) is 8.53. The second kappa shape index (κ2) is 6.01. The van der Waals surface area contributed by atoms with E-state index in [4.69, 9.17) is 0 Å². The van der Waals surface area contributed by atoms with E-state index in [-0.39, 0.29) is 0 Å². The van der Waals surface area contributed by atoms with E-state index in [0.717, 1.165) is 33.2 Å². The molecule has 0 aliphatic carbocycles. The lowest BCUT2D eigenvalue weighted by molar-refractivity contribution is 0.970. The highest BCUT2D eigenvalue weighted by Gasteiger charge is 2.19. The Kier molecular flexibility index (Phi) is 3.39. The summed E-state index contributed by atoms with van der Waals surface area (Å²) in [5.74, 6) is 0. The van der Waals surface area contributed by atoms with E-state index in [1.165, 1.54) is 0 Å². The van der Waals surface area contributed by atoms with Crippen molar-refractivity contribution in [3.8, 4) is 0 Å². The largest absolute Gasteiger partial charge is 0.256 e. The molecule has 5 rings (SSSR count). The molecular weight excluding hydrogens is 320 g/mol. The molecule has 0 radical (unpaired) electrons. The number of fused-ring (bicyclic) bond motifs is 2. The lowest BCUT2D eigenvalue weighted by Gasteiger charge is -2.35. The molecule has 0 amide bonds. The lowest BCUT2D eigenvalue weighted by Crippen LogP contribution is -2.36. The van der Waals surface area contributed by atoms with E-state index in [0.29, 0.717) is 0 Å². The molecule has 26 heavy (non-hydrogen) atoms. The van der Waals surface area contributed by atoms with Crippen LogP contribution < -0.4 is 10.0 Å². The molecule has 4 nitrogen and oxygen atoms in total. The summed E-state index contributed by atoms with van der Waals surface area (Å²) in [4.78, 5) is 8.97. The lowest BCUT2D eigenvalue weighted by atomic mass is 10.1. The summed E-state index contributed by atoms with van der Waals surface area (Å²) in [7, 11) is 0. The van der Waals surface area contributed by atoms with Gasteiger partial charge in [-0.15, -0.1) is 0 Å². The Labute approximate surface area is 151 Å². The third-order valence-electron chi connectivity index (χ3n) is 4.54. The SMILES string of the molecule is C1=CN(c2ccnc3ccccc23)N(c2ccnc3ccccc23)C=C1. The fraction of sp³-hybridized carbons (Fsp3) is 0. The standard InChI is InChI=1S/C22H16N4/c1-3-9-19-17(7-1)21(11-13-23-19)25-15-5-6-16-26(25)22-12-14-24-20-10-4-2-8-18(20)22/h1-16H. The molecule has 0 N–H and O–H groups in total. The van der Waals surface area contributed by atoms with E-state index in [9.17, 15) is 0 Å². The van der Waals surface area contributed by atoms with Crippen molar-refractivity contribution < 1.29 is 0 Å². The van der Waals surface area contributed by atoms with Gasteiger partial charge in [0, 0.05) is 35.6 Å². The third kappa shape index (κ3) is 2.31. The Balaban J connectivity index is 1.71. The molecule has 4 aromatic rings. The zero-order valence-corrected chi connectivity index (χ0v) is 14.0. The van der Waals surface area contributed by atoms with Gasteiger partial charge in [0.1, 0.15) is 0 Å². The minimum absolute atomic E-state index is 0.979. The minimum Gasteiger partial charge on any atom is -0.256 e. The zero-order valence-electron chi connectivity index (χ0n) is 14.0. The fourth-order valence-electron chi connectivity index (χ4n) is 3.36. The molecule has 2 aromatic heterocycles. The molecule has 4 heteroatoms. The zero-order chi connectivity index (χ0) is 17.3. The van der Waals surface area contributed by atoms with Gasteiger partial charge < -0.3 is 0 Å². The Bertz CT molecular complexity index is 1060. The van der Waals surface area contributed by atoms with Crippen molar-refractivity contribution in [2.45, 2.75) is 0 Å². The molecule has 124 valence electrons. The molecule has 3 heterocycles. The quantitative estimate of drug-likeness (QED) is 0.513. The molecule has 0 saturated heterocycles. The van der Waals surface area contributed by atoms with Crippen molar-refractivity contribution in [3.63, 3.8) is 0 Å². The summed E-state index contributed by atoms with van der Waals surface area (Å²) >= 11 is 0. The van der Waals surface area contributed by atoms with Crippen molar-refractivity contribution >= 4 is 33.2 Å². The summed E-state index contributed by atoms with van der Waals surface area (Å²) in [6.45, 7) is 0. The van der Waals surface area contributed by atoms with Gasteiger partial charge in [-0.2, -0.15) is 0 Å². The number of aromatic nitrogens is 2. The molecule has 0 unspecified atom stereocenters. The number of pyridine rings is 2. The first-order chi connectivity index (χ1) is 12.9. The van der Waals surface area contributed by atoms with Crippen molar-refractivity contribution in [2.75, 3.05) is 10.0 Å². The van der Waals surface area contributed by atoms with E-state index < -0.39 is 0 Å². The molecule has 0 atom stereocenters. The van der Waals surface area contributed by atoms with Gasteiger partial charge in [-0.25, -0.2) is 0 Å². The van der Waals surface area contributed by atoms with Crippen LogP contribution in [0, 0.1) is 0 Å². The highest BCUT2D eigenvalue weighted by Crippen LogP contribution is 2.33. The number of rotatable bonds is 2. The fourth-order valence-corrected chi connectivity index (χ4v) is 3.36. The van der Waals surface area contributed by atoms with Crippen LogP contribution in [0.25, 0.3) is 21.8 Å². The van der Waals surface area contributed by atoms with Crippen molar-refractivity contribution in [1.29, 1.82) is 0 Å². The molecule has 1 aliphatic heterocycles. The predicted octanol–water partition coefficient (Wildman–Crippen LogP) is 5.05. The number of anilines is 2. The highest BCUT2D eigenvalue weighted by atomic mass is 15.6. The maximum absolute atomic E-state index is 4.49. The van der Waals surface area contributed by atoms with Crippen LogP contribution in [-0.2, 0) is 0 Å². The summed E-state index contributed by atoms with van der Waals surface area (Å²) < 4.78 is 0. The van der Waals surface area contributed by atoms with Gasteiger partial charge in [-0.05, 0) is 36.4 Å². The van der Waals surface area contributed by atoms with Gasteiger partial charge in [0.2, 0.25) is 0 Å². The van der Waals surface area contributed by atoms with E-state index in [1.807, 2.05) is 73.1 Å². The number of hydrogen-bond acceptors (Lipinski definition) is 4. The third-order valence-corrected chi connectivity index (χ3v) is 4.54. The number of para-hydroxylation sites is 2. The van der Waals surface area contributed by atoms with Gasteiger partial charge in [0.25, 0.3) is 0 Å². The average molecular weight is 336 g/mol. The van der Waals surface area contributed by atoms with Crippen LogP contribution in [0.4, 0.5) is 11.4 Å². The summed E-state index contributed by atoms with van der Waals surface area (Å²) in [5.41, 5.74) is 4.12. The summed E-state index contributed by atoms with van der Waals surface area (Å²) in [6.07, 6.45) is 11.9. The van der Waals surface area contributed by atoms with Crippen molar-refractivity contribution in [2.24, 2.45) is 0 Å². The van der Waals surface area contributed by atoms with Crippen LogP contribution in [0.5, 0.6) is 0 Å².